The van der Waals surface area contributed by atoms with Gasteiger partial charge >= 0.3 is 11.9 Å². The molecule has 5 nitrogen and oxygen atoms in total. The average molecular weight is 439 g/mol. The predicted octanol–water partition coefficient (Wildman–Crippen LogP) is 6.13. The van der Waals surface area contributed by atoms with Gasteiger partial charge in [-0.05, 0) is 60.1 Å². The van der Waals surface area contributed by atoms with Crippen LogP contribution in [-0.2, 0) is 19.1 Å². The van der Waals surface area contributed by atoms with Crippen molar-refractivity contribution in [1.82, 2.24) is 0 Å². The molecule has 1 atom stereocenters. The zero-order chi connectivity index (χ0) is 23.7. The lowest BCUT2D eigenvalue weighted by molar-refractivity contribution is -0.175. The molecule has 0 N–H and O–H groups in total. The van der Waals surface area contributed by atoms with E-state index in [4.69, 9.17) is 14.2 Å². The quantitative estimate of drug-likeness (QED) is 0.254. The van der Waals surface area contributed by atoms with Gasteiger partial charge in [0.15, 0.2) is 0 Å². The van der Waals surface area contributed by atoms with Crippen molar-refractivity contribution in [1.29, 1.82) is 0 Å². The van der Waals surface area contributed by atoms with Crippen LogP contribution >= 0.6 is 0 Å². The molecule has 0 saturated carbocycles. The fourth-order valence-electron chi connectivity index (χ4n) is 3.49. The van der Waals surface area contributed by atoms with E-state index in [9.17, 15) is 9.59 Å². The van der Waals surface area contributed by atoms with E-state index in [1.807, 2.05) is 69.3 Å². The highest BCUT2D eigenvalue weighted by atomic mass is 16.7. The molecule has 2 aromatic rings. The van der Waals surface area contributed by atoms with Gasteiger partial charge < -0.3 is 14.2 Å². The first-order valence-corrected chi connectivity index (χ1v) is 10.9. The number of hydrogen-bond donors (Lipinski definition) is 0. The van der Waals surface area contributed by atoms with Gasteiger partial charge in [0.25, 0.3) is 0 Å². The number of esters is 2. The Labute approximate surface area is 191 Å². The molecule has 2 aromatic carbocycles. The van der Waals surface area contributed by atoms with Gasteiger partial charge in [0.05, 0.1) is 12.5 Å². The topological polar surface area (TPSA) is 61.8 Å². The van der Waals surface area contributed by atoms with Crippen LogP contribution in [0.2, 0.25) is 0 Å². The van der Waals surface area contributed by atoms with E-state index < -0.39 is 18.2 Å². The lowest BCUT2D eigenvalue weighted by Gasteiger charge is -2.32. The number of benzene rings is 2. The van der Waals surface area contributed by atoms with Crippen LogP contribution in [0.4, 0.5) is 0 Å². The molecule has 2 rings (SSSR count). The standard InChI is InChI=1S/C27H34O5/c1-19(2)17-27(5,20(3)4)26(29)32-18-31-25(28)16-9-21-7-10-22(11-8-21)23-12-14-24(30-6)15-13-23/h7-16,19-20H,17-18H2,1-6H3. The van der Waals surface area contributed by atoms with Gasteiger partial charge in [0, 0.05) is 6.08 Å². The van der Waals surface area contributed by atoms with Crippen LogP contribution < -0.4 is 4.74 Å². The van der Waals surface area contributed by atoms with Gasteiger partial charge in [0.1, 0.15) is 5.75 Å². The fraction of sp³-hybridized carbons (Fsp3) is 0.407. The first-order valence-electron chi connectivity index (χ1n) is 10.9. The van der Waals surface area contributed by atoms with Crippen molar-refractivity contribution in [2.24, 2.45) is 17.3 Å². The van der Waals surface area contributed by atoms with E-state index in [0.29, 0.717) is 12.3 Å². The summed E-state index contributed by atoms with van der Waals surface area (Å²) in [5, 5.41) is 0. The van der Waals surface area contributed by atoms with Gasteiger partial charge in [-0.3, -0.25) is 4.79 Å². The molecular weight excluding hydrogens is 404 g/mol. The first-order chi connectivity index (χ1) is 15.2. The Balaban J connectivity index is 1.87. The summed E-state index contributed by atoms with van der Waals surface area (Å²) in [7, 11) is 1.64. The minimum absolute atomic E-state index is 0.119. The maximum absolute atomic E-state index is 12.5. The van der Waals surface area contributed by atoms with E-state index >= 15 is 0 Å². The third-order valence-corrected chi connectivity index (χ3v) is 5.71. The van der Waals surface area contributed by atoms with Crippen molar-refractivity contribution in [3.8, 4) is 16.9 Å². The number of ether oxygens (including phenoxy) is 3. The molecule has 172 valence electrons. The molecule has 0 aromatic heterocycles. The van der Waals surface area contributed by atoms with Crippen LogP contribution in [0.15, 0.2) is 54.6 Å². The van der Waals surface area contributed by atoms with Crippen molar-refractivity contribution in [3.63, 3.8) is 0 Å². The summed E-state index contributed by atoms with van der Waals surface area (Å²) in [5.41, 5.74) is 2.39. The summed E-state index contributed by atoms with van der Waals surface area (Å²) < 4.78 is 15.5. The van der Waals surface area contributed by atoms with Gasteiger partial charge in [-0.25, -0.2) is 4.79 Å². The van der Waals surface area contributed by atoms with Crippen molar-refractivity contribution in [2.45, 2.75) is 41.0 Å². The van der Waals surface area contributed by atoms with Gasteiger partial charge in [-0.15, -0.1) is 0 Å². The van der Waals surface area contributed by atoms with Crippen LogP contribution in [0.5, 0.6) is 5.75 Å². The highest BCUT2D eigenvalue weighted by molar-refractivity contribution is 5.87. The summed E-state index contributed by atoms with van der Waals surface area (Å²) in [6, 6.07) is 15.6. The molecule has 32 heavy (non-hydrogen) atoms. The molecule has 0 bridgehead atoms. The minimum atomic E-state index is -0.609. The van der Waals surface area contributed by atoms with E-state index in [-0.39, 0.29) is 11.9 Å². The lowest BCUT2D eigenvalue weighted by Crippen LogP contribution is -2.36. The normalized spacial score (nSPS) is 13.2. The third kappa shape index (κ3) is 6.98. The van der Waals surface area contributed by atoms with E-state index in [2.05, 4.69) is 13.8 Å². The zero-order valence-corrected chi connectivity index (χ0v) is 19.9. The Morgan fingerprint density at radius 3 is 1.97 bits per heavy atom. The maximum Gasteiger partial charge on any atom is 0.333 e. The molecule has 0 spiro atoms. The summed E-state index contributed by atoms with van der Waals surface area (Å²) in [6.45, 7) is 9.65. The van der Waals surface area contributed by atoms with Crippen molar-refractivity contribution in [2.75, 3.05) is 13.9 Å². The van der Waals surface area contributed by atoms with Crippen LogP contribution in [0.3, 0.4) is 0 Å². The van der Waals surface area contributed by atoms with Crippen LogP contribution in [0.25, 0.3) is 17.2 Å². The van der Waals surface area contributed by atoms with Crippen molar-refractivity contribution < 1.29 is 23.8 Å². The Kier molecular flexibility index (Phi) is 9.06. The molecular formula is C27H34O5. The van der Waals surface area contributed by atoms with Crippen LogP contribution in [0, 0.1) is 17.3 Å². The summed E-state index contributed by atoms with van der Waals surface area (Å²) in [5.74, 6) is 0.385. The van der Waals surface area contributed by atoms with Gasteiger partial charge in [0.2, 0.25) is 6.79 Å². The summed E-state index contributed by atoms with van der Waals surface area (Å²) in [4.78, 5) is 24.5. The van der Waals surface area contributed by atoms with Crippen LogP contribution in [0.1, 0.15) is 46.6 Å². The second-order valence-corrected chi connectivity index (χ2v) is 8.87. The minimum Gasteiger partial charge on any atom is -0.497 e. The molecule has 0 aliphatic rings. The molecule has 0 saturated heterocycles. The molecule has 0 amide bonds. The predicted molar refractivity (Wildman–Crippen MR) is 127 cm³/mol. The maximum atomic E-state index is 12.5. The highest BCUT2D eigenvalue weighted by Gasteiger charge is 2.38. The molecule has 0 radical (unpaired) electrons. The molecule has 1 unspecified atom stereocenters. The second-order valence-electron chi connectivity index (χ2n) is 8.87. The number of carbonyl (C=O) groups is 2. The van der Waals surface area contributed by atoms with E-state index in [1.54, 1.807) is 13.2 Å². The Morgan fingerprint density at radius 2 is 1.47 bits per heavy atom. The largest absolute Gasteiger partial charge is 0.497 e. The monoisotopic (exact) mass is 438 g/mol. The van der Waals surface area contributed by atoms with Crippen molar-refractivity contribution in [3.05, 3.63) is 60.2 Å². The van der Waals surface area contributed by atoms with Crippen molar-refractivity contribution >= 4 is 18.0 Å². The molecule has 0 aliphatic carbocycles. The van der Waals surface area contributed by atoms with E-state index in [0.717, 1.165) is 22.4 Å². The first kappa shape index (κ1) is 25.2. The average Bonchev–Trinajstić information content (AvgIpc) is 2.77. The summed E-state index contributed by atoms with van der Waals surface area (Å²) >= 11 is 0. The Bertz CT molecular complexity index is 910. The number of carbonyl (C=O) groups excluding carboxylic acids is 2. The second kappa shape index (κ2) is 11.5. The Hall–Kier alpha value is -3.08. The number of rotatable bonds is 10. The Morgan fingerprint density at radius 1 is 0.906 bits per heavy atom. The molecule has 0 heterocycles. The highest BCUT2D eigenvalue weighted by Crippen LogP contribution is 2.35. The smallest absolute Gasteiger partial charge is 0.333 e. The third-order valence-electron chi connectivity index (χ3n) is 5.71. The van der Waals surface area contributed by atoms with E-state index in [1.165, 1.54) is 6.08 Å². The molecule has 5 heteroatoms. The SMILES string of the molecule is COc1ccc(-c2ccc(C=CC(=O)OCOC(=O)C(C)(CC(C)C)C(C)C)cc2)cc1. The molecule has 0 aliphatic heterocycles. The van der Waals surface area contributed by atoms with Crippen LogP contribution in [-0.4, -0.2) is 25.8 Å². The zero-order valence-electron chi connectivity index (χ0n) is 19.9. The van der Waals surface area contributed by atoms with Gasteiger partial charge in [-0.1, -0.05) is 64.1 Å². The number of methoxy groups -OCH3 is 1. The fourth-order valence-corrected chi connectivity index (χ4v) is 3.49. The van der Waals surface area contributed by atoms with Gasteiger partial charge in [-0.2, -0.15) is 0 Å². The number of hydrogen-bond acceptors (Lipinski definition) is 5. The molecule has 0 fully saturated rings. The summed E-state index contributed by atoms with van der Waals surface area (Å²) in [6.07, 6.45) is 3.70. The lowest BCUT2D eigenvalue weighted by atomic mass is 9.73.